The molecule has 0 aliphatic rings. The van der Waals surface area contributed by atoms with E-state index in [1.807, 2.05) is 45.0 Å². The summed E-state index contributed by atoms with van der Waals surface area (Å²) in [6.45, 7) is 6.51. The van der Waals surface area contributed by atoms with Crippen molar-refractivity contribution < 1.29 is 14.6 Å². The number of hydrogen-bond acceptors (Lipinski definition) is 2. The minimum Gasteiger partial charge on any atom is -0.494 e. The predicted molar refractivity (Wildman–Crippen MR) is 68.1 cm³/mol. The van der Waals surface area contributed by atoms with Crippen molar-refractivity contribution in [2.75, 3.05) is 6.61 Å². The van der Waals surface area contributed by atoms with Crippen molar-refractivity contribution in [3.8, 4) is 5.75 Å². The molecule has 0 amide bonds. The van der Waals surface area contributed by atoms with Gasteiger partial charge in [-0.15, -0.1) is 0 Å². The molecule has 0 saturated heterocycles. The zero-order valence-corrected chi connectivity index (χ0v) is 10.4. The maximum atomic E-state index is 10.8. The van der Waals surface area contributed by atoms with E-state index < -0.39 is 5.97 Å². The molecule has 0 heterocycles. The zero-order valence-electron chi connectivity index (χ0n) is 10.4. The highest BCUT2D eigenvalue weighted by Crippen LogP contribution is 2.24. The molecule has 1 rings (SSSR count). The van der Waals surface area contributed by atoms with Crippen molar-refractivity contribution in [1.29, 1.82) is 0 Å². The Labute approximate surface area is 102 Å². The molecule has 0 aliphatic carbocycles. The molecule has 0 aromatic heterocycles. The molecule has 0 fully saturated rings. The summed E-state index contributed by atoms with van der Waals surface area (Å²) in [6, 6.07) is 7.49. The molecule has 1 aromatic rings. The van der Waals surface area contributed by atoms with Crippen LogP contribution in [0.3, 0.4) is 0 Å². The Balaban J connectivity index is 3.00. The van der Waals surface area contributed by atoms with Crippen LogP contribution < -0.4 is 4.74 Å². The van der Waals surface area contributed by atoms with Crippen LogP contribution in [0.2, 0.25) is 0 Å². The number of rotatable bonds is 5. The molecule has 3 nitrogen and oxygen atoms in total. The highest BCUT2D eigenvalue weighted by molar-refractivity contribution is 5.90. The molecule has 0 spiro atoms. The second-order valence-corrected chi connectivity index (χ2v) is 4.05. The maximum absolute atomic E-state index is 10.8. The van der Waals surface area contributed by atoms with Crippen LogP contribution in [0, 0.1) is 5.92 Å². The van der Waals surface area contributed by atoms with Gasteiger partial charge in [0.2, 0.25) is 0 Å². The average molecular weight is 234 g/mol. The van der Waals surface area contributed by atoms with Gasteiger partial charge in [0, 0.05) is 6.08 Å². The van der Waals surface area contributed by atoms with Gasteiger partial charge in [0.15, 0.2) is 0 Å². The number of allylic oxidation sites excluding steroid dienone is 1. The van der Waals surface area contributed by atoms with Crippen LogP contribution in [0.1, 0.15) is 26.3 Å². The Kier molecular flexibility index (Phi) is 4.76. The molecule has 0 bridgehead atoms. The van der Waals surface area contributed by atoms with Crippen molar-refractivity contribution in [3.63, 3.8) is 0 Å². The van der Waals surface area contributed by atoms with Gasteiger partial charge in [-0.1, -0.05) is 26.0 Å². The fraction of sp³-hybridized carbons (Fsp3) is 0.357. The van der Waals surface area contributed by atoms with Gasteiger partial charge < -0.3 is 9.84 Å². The number of carboxylic acid groups (broad SMARTS) is 1. The summed E-state index contributed by atoms with van der Waals surface area (Å²) in [5, 5.41) is 8.83. The second kappa shape index (κ2) is 6.09. The minimum atomic E-state index is -0.914. The largest absolute Gasteiger partial charge is 0.494 e. The Morgan fingerprint density at radius 1 is 1.35 bits per heavy atom. The summed E-state index contributed by atoms with van der Waals surface area (Å²) in [7, 11) is 0. The standard InChI is InChI=1S/C14H18O3/c1-4-17-12-7-5-11(6-8-12)13(10(2)3)9-14(15)16/h5-10H,4H2,1-3H3,(H,15,16). The Hall–Kier alpha value is -1.77. The van der Waals surface area contributed by atoms with Crippen LogP contribution >= 0.6 is 0 Å². The van der Waals surface area contributed by atoms with E-state index in [9.17, 15) is 4.79 Å². The molecular weight excluding hydrogens is 216 g/mol. The molecule has 0 aliphatic heterocycles. The maximum Gasteiger partial charge on any atom is 0.328 e. The van der Waals surface area contributed by atoms with Crippen LogP contribution in [-0.4, -0.2) is 17.7 Å². The third kappa shape index (κ3) is 3.94. The molecule has 1 N–H and O–H groups in total. The Bertz CT molecular complexity index is 402. The van der Waals surface area contributed by atoms with E-state index in [1.165, 1.54) is 6.08 Å². The third-order valence-electron chi connectivity index (χ3n) is 2.40. The van der Waals surface area contributed by atoms with Gasteiger partial charge >= 0.3 is 5.97 Å². The van der Waals surface area contributed by atoms with E-state index >= 15 is 0 Å². The van der Waals surface area contributed by atoms with E-state index in [0.717, 1.165) is 16.9 Å². The molecular formula is C14H18O3. The van der Waals surface area contributed by atoms with Gasteiger partial charge in [-0.25, -0.2) is 4.79 Å². The van der Waals surface area contributed by atoms with Crippen molar-refractivity contribution in [3.05, 3.63) is 35.9 Å². The van der Waals surface area contributed by atoms with Crippen LogP contribution in [0.25, 0.3) is 5.57 Å². The summed E-state index contributed by atoms with van der Waals surface area (Å²) >= 11 is 0. The molecule has 17 heavy (non-hydrogen) atoms. The van der Waals surface area contributed by atoms with Crippen LogP contribution in [-0.2, 0) is 4.79 Å². The molecule has 92 valence electrons. The lowest BCUT2D eigenvalue weighted by molar-refractivity contribution is -0.131. The highest BCUT2D eigenvalue weighted by Gasteiger charge is 2.08. The molecule has 0 saturated carbocycles. The number of benzene rings is 1. The fourth-order valence-corrected chi connectivity index (χ4v) is 1.63. The van der Waals surface area contributed by atoms with Gasteiger partial charge in [-0.2, -0.15) is 0 Å². The van der Waals surface area contributed by atoms with E-state index in [4.69, 9.17) is 9.84 Å². The highest BCUT2D eigenvalue weighted by atomic mass is 16.5. The first-order valence-electron chi connectivity index (χ1n) is 5.72. The van der Waals surface area contributed by atoms with Gasteiger partial charge in [0.05, 0.1) is 6.61 Å². The number of aliphatic carboxylic acids is 1. The summed E-state index contributed by atoms with van der Waals surface area (Å²) in [5.74, 6) is 0.0568. The molecule has 1 aromatic carbocycles. The van der Waals surface area contributed by atoms with Gasteiger partial charge in [0.25, 0.3) is 0 Å². The van der Waals surface area contributed by atoms with E-state index in [0.29, 0.717) is 6.61 Å². The van der Waals surface area contributed by atoms with Crippen molar-refractivity contribution in [2.45, 2.75) is 20.8 Å². The Morgan fingerprint density at radius 3 is 2.35 bits per heavy atom. The van der Waals surface area contributed by atoms with E-state index in [2.05, 4.69) is 0 Å². The second-order valence-electron chi connectivity index (χ2n) is 4.05. The minimum absolute atomic E-state index is 0.170. The summed E-state index contributed by atoms with van der Waals surface area (Å²) < 4.78 is 5.35. The lowest BCUT2D eigenvalue weighted by atomic mass is 9.95. The van der Waals surface area contributed by atoms with Crippen LogP contribution in [0.5, 0.6) is 5.75 Å². The lowest BCUT2D eigenvalue weighted by Gasteiger charge is -2.11. The van der Waals surface area contributed by atoms with E-state index in [-0.39, 0.29) is 5.92 Å². The fourth-order valence-electron chi connectivity index (χ4n) is 1.63. The van der Waals surface area contributed by atoms with E-state index in [1.54, 1.807) is 0 Å². The smallest absolute Gasteiger partial charge is 0.328 e. The SMILES string of the molecule is CCOc1ccc(C(=CC(=O)O)C(C)C)cc1. The van der Waals surface area contributed by atoms with Crippen LogP contribution in [0.4, 0.5) is 0 Å². The quantitative estimate of drug-likeness (QED) is 0.796. The number of carboxylic acids is 1. The zero-order chi connectivity index (χ0) is 12.8. The normalized spacial score (nSPS) is 11.6. The van der Waals surface area contributed by atoms with Gasteiger partial charge in [0.1, 0.15) is 5.75 Å². The first kappa shape index (κ1) is 13.3. The molecule has 0 atom stereocenters. The van der Waals surface area contributed by atoms with Crippen LogP contribution in [0.15, 0.2) is 30.3 Å². The summed E-state index contributed by atoms with van der Waals surface area (Å²) in [6.07, 6.45) is 1.26. The van der Waals surface area contributed by atoms with Crippen molar-refractivity contribution in [2.24, 2.45) is 5.92 Å². The van der Waals surface area contributed by atoms with Crippen molar-refractivity contribution in [1.82, 2.24) is 0 Å². The molecule has 0 radical (unpaired) electrons. The number of ether oxygens (including phenoxy) is 1. The van der Waals surface area contributed by atoms with Gasteiger partial charge in [-0.3, -0.25) is 0 Å². The number of carbonyl (C=O) groups is 1. The average Bonchev–Trinajstić information content (AvgIpc) is 2.27. The third-order valence-corrected chi connectivity index (χ3v) is 2.40. The lowest BCUT2D eigenvalue weighted by Crippen LogP contribution is -1.99. The first-order chi connectivity index (χ1) is 8.04. The predicted octanol–water partition coefficient (Wildman–Crippen LogP) is 3.21. The Morgan fingerprint density at radius 2 is 1.94 bits per heavy atom. The van der Waals surface area contributed by atoms with Crippen molar-refractivity contribution >= 4 is 11.5 Å². The summed E-state index contributed by atoms with van der Waals surface area (Å²) in [4.78, 5) is 10.8. The number of hydrogen-bond donors (Lipinski definition) is 1. The van der Waals surface area contributed by atoms with Gasteiger partial charge in [-0.05, 0) is 36.1 Å². The first-order valence-corrected chi connectivity index (χ1v) is 5.72. The monoisotopic (exact) mass is 234 g/mol. The molecule has 0 unspecified atom stereocenters. The summed E-state index contributed by atoms with van der Waals surface area (Å²) in [5.41, 5.74) is 1.74. The molecule has 3 heteroatoms. The topological polar surface area (TPSA) is 46.5 Å².